The Morgan fingerprint density at radius 2 is 1.82 bits per heavy atom. The average Bonchev–Trinajstić information content (AvgIpc) is 2.82. The highest BCUT2D eigenvalue weighted by Crippen LogP contribution is 2.29. The average molecular weight is 311 g/mol. The first kappa shape index (κ1) is 16.1. The Hall–Kier alpha value is -2.24. The molecule has 3 nitrogen and oxygen atoms in total. The number of hydrogen-bond donors (Lipinski definition) is 1. The van der Waals surface area contributed by atoms with E-state index in [-0.39, 0.29) is 18.2 Å². The highest BCUT2D eigenvalue weighted by atomic mass is 19.4. The van der Waals surface area contributed by atoms with Crippen LogP contribution in [0.25, 0.3) is 0 Å². The molecule has 0 radical (unpaired) electrons. The number of carboxylic acid groups (broad SMARTS) is 1. The highest BCUT2D eigenvalue weighted by Gasteiger charge is 2.29. The van der Waals surface area contributed by atoms with Crippen molar-refractivity contribution in [3.8, 4) is 0 Å². The van der Waals surface area contributed by atoms with Crippen molar-refractivity contribution in [3.63, 3.8) is 0 Å². The van der Waals surface area contributed by atoms with E-state index in [1.54, 1.807) is 16.8 Å². The van der Waals surface area contributed by atoms with E-state index in [2.05, 4.69) is 0 Å². The van der Waals surface area contributed by atoms with Crippen molar-refractivity contribution in [1.29, 1.82) is 0 Å². The van der Waals surface area contributed by atoms with Crippen molar-refractivity contribution in [2.45, 2.75) is 32.5 Å². The number of carboxylic acids is 1. The van der Waals surface area contributed by atoms with Gasteiger partial charge in [-0.1, -0.05) is 26.0 Å². The van der Waals surface area contributed by atoms with Gasteiger partial charge in [0.15, 0.2) is 0 Å². The van der Waals surface area contributed by atoms with E-state index in [1.807, 2.05) is 13.8 Å². The SMILES string of the molecule is CC(C)c1cc(C(=O)O)n(Cc2ccc(C(F)(F)F)cc2)c1. The van der Waals surface area contributed by atoms with Gasteiger partial charge in [-0.25, -0.2) is 4.79 Å². The van der Waals surface area contributed by atoms with Crippen LogP contribution in [0.3, 0.4) is 0 Å². The summed E-state index contributed by atoms with van der Waals surface area (Å²) in [4.78, 5) is 11.3. The van der Waals surface area contributed by atoms with E-state index in [0.717, 1.165) is 17.7 Å². The maximum Gasteiger partial charge on any atom is 0.416 e. The lowest BCUT2D eigenvalue weighted by molar-refractivity contribution is -0.137. The molecule has 0 aliphatic heterocycles. The Kier molecular flexibility index (Phi) is 4.30. The number of alkyl halides is 3. The van der Waals surface area contributed by atoms with E-state index < -0.39 is 17.7 Å². The van der Waals surface area contributed by atoms with Crippen molar-refractivity contribution in [2.24, 2.45) is 0 Å². The number of rotatable bonds is 4. The lowest BCUT2D eigenvalue weighted by atomic mass is 10.1. The molecule has 0 spiro atoms. The number of nitrogens with zero attached hydrogens (tertiary/aromatic N) is 1. The van der Waals surface area contributed by atoms with Gasteiger partial charge in [0.25, 0.3) is 0 Å². The molecule has 1 heterocycles. The minimum atomic E-state index is -4.37. The molecule has 0 fully saturated rings. The van der Waals surface area contributed by atoms with Crippen LogP contribution in [0.2, 0.25) is 0 Å². The molecule has 1 N–H and O–H groups in total. The second-order valence-corrected chi connectivity index (χ2v) is 5.44. The summed E-state index contributed by atoms with van der Waals surface area (Å²) < 4.78 is 39.1. The van der Waals surface area contributed by atoms with Crippen molar-refractivity contribution >= 4 is 5.97 Å². The molecule has 0 amide bonds. The number of carbonyl (C=O) groups is 1. The number of aromatic nitrogens is 1. The van der Waals surface area contributed by atoms with Crippen LogP contribution in [-0.4, -0.2) is 15.6 Å². The maximum atomic E-state index is 12.5. The molecule has 0 unspecified atom stereocenters. The monoisotopic (exact) mass is 311 g/mol. The Labute approximate surface area is 126 Å². The Morgan fingerprint density at radius 1 is 1.23 bits per heavy atom. The molecule has 0 aliphatic carbocycles. The molecule has 0 saturated heterocycles. The van der Waals surface area contributed by atoms with Crippen molar-refractivity contribution in [1.82, 2.24) is 4.57 Å². The summed E-state index contributed by atoms with van der Waals surface area (Å²) in [5, 5.41) is 9.22. The molecule has 0 bridgehead atoms. The number of halogens is 3. The van der Waals surface area contributed by atoms with Crippen LogP contribution in [0, 0.1) is 0 Å². The fraction of sp³-hybridized carbons (Fsp3) is 0.312. The summed E-state index contributed by atoms with van der Waals surface area (Å²) in [5.41, 5.74) is 0.902. The summed E-state index contributed by atoms with van der Waals surface area (Å²) in [6.07, 6.45) is -2.64. The van der Waals surface area contributed by atoms with Gasteiger partial charge >= 0.3 is 12.1 Å². The minimum Gasteiger partial charge on any atom is -0.477 e. The van der Waals surface area contributed by atoms with Gasteiger partial charge in [0, 0.05) is 12.7 Å². The third-order valence-corrected chi connectivity index (χ3v) is 3.44. The van der Waals surface area contributed by atoms with Crippen LogP contribution in [0.15, 0.2) is 36.5 Å². The smallest absolute Gasteiger partial charge is 0.416 e. The molecule has 1 aromatic carbocycles. The summed E-state index contributed by atoms with van der Waals surface area (Å²) in [5.74, 6) is -0.884. The fourth-order valence-electron chi connectivity index (χ4n) is 2.15. The third kappa shape index (κ3) is 3.50. The Morgan fingerprint density at radius 3 is 2.27 bits per heavy atom. The number of hydrogen-bond acceptors (Lipinski definition) is 1. The van der Waals surface area contributed by atoms with Crippen LogP contribution in [0.5, 0.6) is 0 Å². The van der Waals surface area contributed by atoms with Gasteiger partial charge in [-0.05, 0) is 35.2 Å². The third-order valence-electron chi connectivity index (χ3n) is 3.44. The van der Waals surface area contributed by atoms with E-state index in [0.29, 0.717) is 5.56 Å². The molecule has 0 aliphatic rings. The fourth-order valence-corrected chi connectivity index (χ4v) is 2.15. The predicted octanol–water partition coefficient (Wildman–Crippen LogP) is 4.38. The van der Waals surface area contributed by atoms with E-state index >= 15 is 0 Å². The van der Waals surface area contributed by atoms with Crippen molar-refractivity contribution in [2.75, 3.05) is 0 Å². The second kappa shape index (κ2) is 5.87. The summed E-state index contributed by atoms with van der Waals surface area (Å²) >= 11 is 0. The molecular weight excluding hydrogens is 295 g/mol. The quantitative estimate of drug-likeness (QED) is 0.910. The number of aromatic carboxylic acids is 1. The topological polar surface area (TPSA) is 42.2 Å². The van der Waals surface area contributed by atoms with Gasteiger partial charge < -0.3 is 9.67 Å². The van der Waals surface area contributed by atoms with Gasteiger partial charge in [0.05, 0.1) is 5.56 Å². The molecule has 1 aromatic heterocycles. The first-order valence-corrected chi connectivity index (χ1v) is 6.78. The maximum absolute atomic E-state index is 12.5. The molecule has 118 valence electrons. The van der Waals surface area contributed by atoms with Crippen LogP contribution in [0.1, 0.15) is 46.9 Å². The van der Waals surface area contributed by atoms with Crippen molar-refractivity contribution in [3.05, 3.63) is 58.9 Å². The Bertz CT molecular complexity index is 670. The van der Waals surface area contributed by atoms with E-state index in [4.69, 9.17) is 0 Å². The molecule has 0 atom stereocenters. The van der Waals surface area contributed by atoms with Gasteiger partial charge in [-0.2, -0.15) is 13.2 Å². The summed E-state index contributed by atoms with van der Waals surface area (Å²) in [6, 6.07) is 6.33. The predicted molar refractivity (Wildman–Crippen MR) is 76.0 cm³/mol. The molecule has 22 heavy (non-hydrogen) atoms. The zero-order valence-electron chi connectivity index (χ0n) is 12.2. The number of benzene rings is 1. The first-order valence-electron chi connectivity index (χ1n) is 6.78. The summed E-state index contributed by atoms with van der Waals surface area (Å²) in [7, 11) is 0. The summed E-state index contributed by atoms with van der Waals surface area (Å²) in [6.45, 7) is 4.11. The van der Waals surface area contributed by atoms with Crippen molar-refractivity contribution < 1.29 is 23.1 Å². The molecule has 2 rings (SSSR count). The normalized spacial score (nSPS) is 11.9. The second-order valence-electron chi connectivity index (χ2n) is 5.44. The first-order chi connectivity index (χ1) is 10.2. The van der Waals surface area contributed by atoms with Gasteiger partial charge in [0.2, 0.25) is 0 Å². The standard InChI is InChI=1S/C16H16F3NO2/c1-10(2)12-7-14(15(21)22)20(9-12)8-11-3-5-13(6-4-11)16(17,18)19/h3-7,9-10H,8H2,1-2H3,(H,21,22). The molecule has 0 saturated carbocycles. The Balaban J connectivity index is 2.28. The van der Waals surface area contributed by atoms with Crippen LogP contribution < -0.4 is 0 Å². The van der Waals surface area contributed by atoms with Gasteiger partial charge in [0.1, 0.15) is 5.69 Å². The zero-order valence-corrected chi connectivity index (χ0v) is 12.2. The highest BCUT2D eigenvalue weighted by molar-refractivity contribution is 5.86. The lowest BCUT2D eigenvalue weighted by Crippen LogP contribution is -2.09. The molecular formula is C16H16F3NO2. The van der Waals surface area contributed by atoms with Gasteiger partial charge in [-0.3, -0.25) is 0 Å². The van der Waals surface area contributed by atoms with Crippen LogP contribution in [-0.2, 0) is 12.7 Å². The minimum absolute atomic E-state index is 0.128. The largest absolute Gasteiger partial charge is 0.477 e. The lowest BCUT2D eigenvalue weighted by Gasteiger charge is -2.09. The van der Waals surface area contributed by atoms with E-state index in [1.165, 1.54) is 12.1 Å². The van der Waals surface area contributed by atoms with E-state index in [9.17, 15) is 23.1 Å². The molecule has 6 heteroatoms. The van der Waals surface area contributed by atoms with Gasteiger partial charge in [-0.15, -0.1) is 0 Å². The zero-order chi connectivity index (χ0) is 16.5. The van der Waals surface area contributed by atoms with Crippen LogP contribution in [0.4, 0.5) is 13.2 Å². The molecule has 2 aromatic rings. The van der Waals surface area contributed by atoms with Crippen LogP contribution >= 0.6 is 0 Å².